The zero-order chi connectivity index (χ0) is 11.3. The minimum Gasteiger partial charge on any atom is -0.378 e. The zero-order valence-electron chi connectivity index (χ0n) is 9.12. The molecule has 0 saturated carbocycles. The van der Waals surface area contributed by atoms with Gasteiger partial charge >= 0.3 is 0 Å². The predicted molar refractivity (Wildman–Crippen MR) is 59.1 cm³/mol. The summed E-state index contributed by atoms with van der Waals surface area (Å²) in [6.45, 7) is 4.06. The third-order valence-electron chi connectivity index (χ3n) is 2.37. The van der Waals surface area contributed by atoms with Crippen molar-refractivity contribution in [1.82, 2.24) is 10.6 Å². The molecule has 0 aromatic rings. The van der Waals surface area contributed by atoms with Crippen LogP contribution in [0.1, 0.15) is 6.92 Å². The summed E-state index contributed by atoms with van der Waals surface area (Å²) in [5.41, 5.74) is 0. The molecule has 1 fully saturated rings. The van der Waals surface area contributed by atoms with Gasteiger partial charge in [0.15, 0.2) is 0 Å². The van der Waals surface area contributed by atoms with E-state index in [1.165, 1.54) is 0 Å². The van der Waals surface area contributed by atoms with Crippen LogP contribution in [0, 0.1) is 0 Å². The maximum atomic E-state index is 11.6. The highest BCUT2D eigenvalue weighted by molar-refractivity contribution is 7.84. The Balaban J connectivity index is 2.25. The third kappa shape index (κ3) is 4.27. The number of hydrogen-bond donors (Lipinski definition) is 2. The Kier molecular flexibility index (Phi) is 5.21. The highest BCUT2D eigenvalue weighted by Crippen LogP contribution is 1.94. The molecule has 5 nitrogen and oxygen atoms in total. The van der Waals surface area contributed by atoms with Crippen LogP contribution in [0.3, 0.4) is 0 Å². The van der Waals surface area contributed by atoms with Crippen LogP contribution in [0.2, 0.25) is 0 Å². The quantitative estimate of drug-likeness (QED) is 0.645. The monoisotopic (exact) mass is 234 g/mol. The van der Waals surface area contributed by atoms with E-state index in [1.54, 1.807) is 6.26 Å². The van der Waals surface area contributed by atoms with Gasteiger partial charge in [-0.15, -0.1) is 0 Å². The smallest absolute Gasteiger partial charge is 0.239 e. The first-order chi connectivity index (χ1) is 7.11. The van der Waals surface area contributed by atoms with Gasteiger partial charge in [0, 0.05) is 35.4 Å². The van der Waals surface area contributed by atoms with E-state index < -0.39 is 10.8 Å². The molecular weight excluding hydrogens is 216 g/mol. The van der Waals surface area contributed by atoms with Crippen molar-refractivity contribution < 1.29 is 13.7 Å². The number of nitrogens with one attached hydrogen (secondary N) is 2. The van der Waals surface area contributed by atoms with E-state index in [1.807, 2.05) is 6.92 Å². The van der Waals surface area contributed by atoms with Crippen molar-refractivity contribution in [3.63, 3.8) is 0 Å². The number of hydrogen-bond acceptors (Lipinski definition) is 4. The number of morpholine rings is 1. The zero-order valence-corrected chi connectivity index (χ0v) is 9.93. The highest BCUT2D eigenvalue weighted by atomic mass is 32.2. The Morgan fingerprint density at radius 2 is 2.47 bits per heavy atom. The SMILES string of the molecule is CC(CNC(=O)C1COCCN1)S(C)=O. The average Bonchev–Trinajstić information content (AvgIpc) is 2.26. The van der Waals surface area contributed by atoms with Gasteiger partial charge in [-0.25, -0.2) is 0 Å². The Bertz CT molecular complexity index is 242. The summed E-state index contributed by atoms with van der Waals surface area (Å²) in [5.74, 6) is -0.0769. The topological polar surface area (TPSA) is 67.4 Å². The second kappa shape index (κ2) is 6.19. The Morgan fingerprint density at radius 3 is 3.00 bits per heavy atom. The molecule has 1 rings (SSSR count). The second-order valence-electron chi connectivity index (χ2n) is 3.64. The van der Waals surface area contributed by atoms with Crippen molar-refractivity contribution in [2.75, 3.05) is 32.6 Å². The maximum absolute atomic E-state index is 11.6. The molecule has 0 bridgehead atoms. The second-order valence-corrected chi connectivity index (χ2v) is 5.44. The van der Waals surface area contributed by atoms with Crippen molar-refractivity contribution in [1.29, 1.82) is 0 Å². The molecule has 3 unspecified atom stereocenters. The van der Waals surface area contributed by atoms with Gasteiger partial charge in [0.1, 0.15) is 6.04 Å². The molecule has 0 spiro atoms. The summed E-state index contributed by atoms with van der Waals surface area (Å²) in [7, 11) is -0.898. The first-order valence-corrected chi connectivity index (χ1v) is 6.64. The van der Waals surface area contributed by atoms with Gasteiger partial charge in [-0.2, -0.15) is 0 Å². The minimum atomic E-state index is -0.898. The van der Waals surface area contributed by atoms with Gasteiger partial charge in [0.25, 0.3) is 0 Å². The molecule has 3 atom stereocenters. The van der Waals surface area contributed by atoms with Gasteiger partial charge in [-0.1, -0.05) is 0 Å². The van der Waals surface area contributed by atoms with Crippen molar-refractivity contribution in [2.24, 2.45) is 0 Å². The number of carbonyl (C=O) groups excluding carboxylic acids is 1. The molecule has 0 radical (unpaired) electrons. The molecular formula is C9H18N2O3S. The van der Waals surface area contributed by atoms with Gasteiger partial charge < -0.3 is 15.4 Å². The minimum absolute atomic E-state index is 0.0153. The summed E-state index contributed by atoms with van der Waals surface area (Å²) < 4.78 is 16.2. The van der Waals surface area contributed by atoms with Crippen LogP contribution in [0.25, 0.3) is 0 Å². The molecule has 88 valence electrons. The molecule has 15 heavy (non-hydrogen) atoms. The lowest BCUT2D eigenvalue weighted by Crippen LogP contribution is -2.52. The van der Waals surface area contributed by atoms with E-state index in [9.17, 15) is 9.00 Å². The summed E-state index contributed by atoms with van der Waals surface area (Å²) in [4.78, 5) is 11.6. The fourth-order valence-electron chi connectivity index (χ4n) is 1.22. The van der Waals surface area contributed by atoms with Crippen molar-refractivity contribution in [3.8, 4) is 0 Å². The third-order valence-corrected chi connectivity index (χ3v) is 3.67. The van der Waals surface area contributed by atoms with Crippen LogP contribution in [-0.4, -0.2) is 54.0 Å². The summed E-state index contributed by atoms with van der Waals surface area (Å²) in [6, 6.07) is -0.267. The van der Waals surface area contributed by atoms with E-state index in [0.29, 0.717) is 26.3 Å². The standard InChI is InChI=1S/C9H18N2O3S/c1-7(15(2)13)5-11-9(12)8-6-14-4-3-10-8/h7-8,10H,3-6H2,1-2H3,(H,11,12). The Morgan fingerprint density at radius 1 is 1.73 bits per heavy atom. The Hall–Kier alpha value is -0.460. The number of carbonyl (C=O) groups is 1. The molecule has 0 aliphatic carbocycles. The lowest BCUT2D eigenvalue weighted by molar-refractivity contribution is -0.125. The fraction of sp³-hybridized carbons (Fsp3) is 0.889. The maximum Gasteiger partial charge on any atom is 0.239 e. The molecule has 1 aliphatic rings. The summed E-state index contributed by atoms with van der Waals surface area (Å²) >= 11 is 0. The van der Waals surface area contributed by atoms with Crippen molar-refractivity contribution in [3.05, 3.63) is 0 Å². The lowest BCUT2D eigenvalue weighted by Gasteiger charge is -2.23. The van der Waals surface area contributed by atoms with Crippen LogP contribution in [0.15, 0.2) is 0 Å². The first kappa shape index (κ1) is 12.6. The molecule has 6 heteroatoms. The van der Waals surface area contributed by atoms with Crippen LogP contribution in [0.4, 0.5) is 0 Å². The number of rotatable bonds is 4. The molecule has 2 N–H and O–H groups in total. The fourth-order valence-corrected chi connectivity index (χ4v) is 1.54. The van der Waals surface area contributed by atoms with Crippen molar-refractivity contribution >= 4 is 16.7 Å². The van der Waals surface area contributed by atoms with Crippen molar-refractivity contribution in [2.45, 2.75) is 18.2 Å². The average molecular weight is 234 g/mol. The normalized spacial score (nSPS) is 25.6. The molecule has 0 aromatic carbocycles. The van der Waals surface area contributed by atoms with Crippen LogP contribution in [-0.2, 0) is 20.3 Å². The molecule has 1 amide bonds. The van der Waals surface area contributed by atoms with E-state index >= 15 is 0 Å². The van der Waals surface area contributed by atoms with E-state index in [-0.39, 0.29) is 17.2 Å². The highest BCUT2D eigenvalue weighted by Gasteiger charge is 2.21. The molecule has 1 aliphatic heterocycles. The first-order valence-electron chi connectivity index (χ1n) is 5.02. The van der Waals surface area contributed by atoms with E-state index in [2.05, 4.69) is 10.6 Å². The Labute approximate surface area is 92.4 Å². The largest absolute Gasteiger partial charge is 0.378 e. The lowest BCUT2D eigenvalue weighted by atomic mass is 10.2. The van der Waals surface area contributed by atoms with Gasteiger partial charge in [0.05, 0.1) is 13.2 Å². The summed E-state index contributed by atoms with van der Waals surface area (Å²) in [6.07, 6.45) is 1.64. The van der Waals surface area contributed by atoms with E-state index in [0.717, 1.165) is 0 Å². The van der Waals surface area contributed by atoms with E-state index in [4.69, 9.17) is 4.74 Å². The van der Waals surface area contributed by atoms with Crippen LogP contribution < -0.4 is 10.6 Å². The van der Waals surface area contributed by atoms with Gasteiger partial charge in [-0.3, -0.25) is 9.00 Å². The number of amides is 1. The predicted octanol–water partition coefficient (Wildman–Crippen LogP) is -1.14. The van der Waals surface area contributed by atoms with Gasteiger partial charge in [-0.05, 0) is 6.92 Å². The molecule has 1 saturated heterocycles. The van der Waals surface area contributed by atoms with Gasteiger partial charge in [0.2, 0.25) is 5.91 Å². The number of ether oxygens (including phenoxy) is 1. The molecule has 1 heterocycles. The molecule has 0 aromatic heterocycles. The summed E-state index contributed by atoms with van der Waals surface area (Å²) in [5, 5.41) is 5.80. The van der Waals surface area contributed by atoms with Crippen LogP contribution in [0.5, 0.6) is 0 Å². The van der Waals surface area contributed by atoms with Crippen LogP contribution >= 0.6 is 0 Å².